The van der Waals surface area contributed by atoms with E-state index in [1.54, 1.807) is 0 Å². The van der Waals surface area contributed by atoms with E-state index in [-0.39, 0.29) is 0 Å². The molecule has 2 rings (SSSR count). The van der Waals surface area contributed by atoms with Gasteiger partial charge in [-0.25, -0.2) is 4.98 Å². The fourth-order valence-corrected chi connectivity index (χ4v) is 3.04. The van der Waals surface area contributed by atoms with Gasteiger partial charge in [-0.05, 0) is 51.0 Å². The topological polar surface area (TPSA) is 24.9 Å². The lowest BCUT2D eigenvalue weighted by Crippen LogP contribution is -2.11. The van der Waals surface area contributed by atoms with Crippen LogP contribution in [0.4, 0.5) is 5.69 Å². The summed E-state index contributed by atoms with van der Waals surface area (Å²) in [7, 11) is 0. The van der Waals surface area contributed by atoms with Crippen molar-refractivity contribution in [1.82, 2.24) is 4.98 Å². The van der Waals surface area contributed by atoms with Gasteiger partial charge in [0.1, 0.15) is 4.60 Å². The average molecular weight is 361 g/mol. The molecular weight excluding hydrogens is 336 g/mol. The SMILES string of the molecule is CC(C)c1cccc(C(C)C)c1NCCc1cccc(Br)n1. The first-order valence-electron chi connectivity index (χ1n) is 7.97. The van der Waals surface area contributed by atoms with Crippen LogP contribution in [0.25, 0.3) is 0 Å². The Bertz CT molecular complexity index is 594. The van der Waals surface area contributed by atoms with Crippen molar-refractivity contribution in [3.63, 3.8) is 0 Å². The van der Waals surface area contributed by atoms with Gasteiger partial charge in [0.25, 0.3) is 0 Å². The predicted molar refractivity (Wildman–Crippen MR) is 98.8 cm³/mol. The Morgan fingerprint density at radius 3 is 2.09 bits per heavy atom. The standard InChI is InChI=1S/C19H25BrN2/c1-13(2)16-8-6-9-17(14(3)4)19(16)21-12-11-15-7-5-10-18(20)22-15/h5-10,13-14,21H,11-12H2,1-4H3. The quantitative estimate of drug-likeness (QED) is 0.663. The second-order valence-electron chi connectivity index (χ2n) is 6.25. The number of hydrogen-bond donors (Lipinski definition) is 1. The second-order valence-corrected chi connectivity index (χ2v) is 7.06. The lowest BCUT2D eigenvalue weighted by molar-refractivity contribution is 0.829. The number of aromatic nitrogens is 1. The third kappa shape index (κ3) is 4.33. The van der Waals surface area contributed by atoms with E-state index in [1.165, 1.54) is 16.8 Å². The Labute approximate surface area is 142 Å². The largest absolute Gasteiger partial charge is 0.384 e. The van der Waals surface area contributed by atoms with Crippen LogP contribution < -0.4 is 5.32 Å². The summed E-state index contributed by atoms with van der Waals surface area (Å²) in [6.07, 6.45) is 0.920. The Balaban J connectivity index is 2.14. The maximum absolute atomic E-state index is 4.50. The molecule has 0 amide bonds. The van der Waals surface area contributed by atoms with E-state index in [9.17, 15) is 0 Å². The number of para-hydroxylation sites is 1. The molecule has 3 heteroatoms. The van der Waals surface area contributed by atoms with Gasteiger partial charge in [0.2, 0.25) is 0 Å². The van der Waals surface area contributed by atoms with Crippen molar-refractivity contribution in [2.24, 2.45) is 0 Å². The molecule has 0 aliphatic heterocycles. The molecule has 0 fully saturated rings. The molecule has 0 aliphatic rings. The van der Waals surface area contributed by atoms with Crippen molar-refractivity contribution in [2.75, 3.05) is 11.9 Å². The zero-order valence-corrected chi connectivity index (χ0v) is 15.4. The molecule has 0 atom stereocenters. The van der Waals surface area contributed by atoms with E-state index < -0.39 is 0 Å². The molecule has 0 radical (unpaired) electrons. The van der Waals surface area contributed by atoms with Crippen LogP contribution in [-0.2, 0) is 6.42 Å². The average Bonchev–Trinajstić information content (AvgIpc) is 2.47. The van der Waals surface area contributed by atoms with Crippen LogP contribution in [0.1, 0.15) is 56.4 Å². The molecule has 2 aromatic rings. The van der Waals surface area contributed by atoms with Crippen molar-refractivity contribution < 1.29 is 0 Å². The first kappa shape index (κ1) is 17.0. The Morgan fingerprint density at radius 2 is 1.55 bits per heavy atom. The summed E-state index contributed by atoms with van der Waals surface area (Å²) in [5.41, 5.74) is 5.21. The first-order valence-corrected chi connectivity index (χ1v) is 8.76. The number of nitrogens with zero attached hydrogens (tertiary/aromatic N) is 1. The number of halogens is 1. The normalized spacial score (nSPS) is 11.2. The highest BCUT2D eigenvalue weighted by atomic mass is 79.9. The molecule has 1 heterocycles. The second kappa shape index (κ2) is 7.77. The molecule has 0 unspecified atom stereocenters. The lowest BCUT2D eigenvalue weighted by atomic mass is 9.92. The van der Waals surface area contributed by atoms with Gasteiger partial charge in [-0.2, -0.15) is 0 Å². The van der Waals surface area contributed by atoms with Gasteiger partial charge >= 0.3 is 0 Å². The number of benzene rings is 1. The van der Waals surface area contributed by atoms with E-state index in [4.69, 9.17) is 0 Å². The number of hydrogen-bond acceptors (Lipinski definition) is 2. The van der Waals surface area contributed by atoms with Crippen molar-refractivity contribution in [2.45, 2.75) is 46.0 Å². The Hall–Kier alpha value is -1.35. The molecular formula is C19H25BrN2. The highest BCUT2D eigenvalue weighted by Gasteiger charge is 2.13. The molecule has 0 aliphatic carbocycles. The predicted octanol–water partition coefficient (Wildman–Crippen LogP) is 5.75. The summed E-state index contributed by atoms with van der Waals surface area (Å²) < 4.78 is 0.899. The zero-order chi connectivity index (χ0) is 16.1. The number of anilines is 1. The van der Waals surface area contributed by atoms with E-state index in [1.807, 2.05) is 12.1 Å². The Morgan fingerprint density at radius 1 is 0.955 bits per heavy atom. The van der Waals surface area contributed by atoms with Gasteiger partial charge in [0.15, 0.2) is 0 Å². The van der Waals surface area contributed by atoms with Crippen LogP contribution in [0.2, 0.25) is 0 Å². The molecule has 1 aromatic carbocycles. The third-order valence-corrected chi connectivity index (χ3v) is 4.27. The van der Waals surface area contributed by atoms with Gasteiger partial charge in [0, 0.05) is 24.3 Å². The molecule has 0 saturated heterocycles. The maximum Gasteiger partial charge on any atom is 0.106 e. The summed E-state index contributed by atoms with van der Waals surface area (Å²) in [5, 5.41) is 3.66. The van der Waals surface area contributed by atoms with Gasteiger partial charge in [-0.1, -0.05) is 52.0 Å². The molecule has 1 N–H and O–H groups in total. The fourth-order valence-electron chi connectivity index (χ4n) is 2.66. The number of nitrogens with one attached hydrogen (secondary N) is 1. The molecule has 1 aromatic heterocycles. The maximum atomic E-state index is 4.50. The highest BCUT2D eigenvalue weighted by molar-refractivity contribution is 9.10. The lowest BCUT2D eigenvalue weighted by Gasteiger charge is -2.21. The molecule has 22 heavy (non-hydrogen) atoms. The third-order valence-electron chi connectivity index (χ3n) is 3.83. The van der Waals surface area contributed by atoms with Crippen molar-refractivity contribution in [1.29, 1.82) is 0 Å². The van der Waals surface area contributed by atoms with E-state index >= 15 is 0 Å². The smallest absolute Gasteiger partial charge is 0.106 e. The minimum atomic E-state index is 0.519. The van der Waals surface area contributed by atoms with E-state index in [2.05, 4.69) is 78.2 Å². The van der Waals surface area contributed by atoms with Crippen LogP contribution >= 0.6 is 15.9 Å². The van der Waals surface area contributed by atoms with E-state index in [0.29, 0.717) is 11.8 Å². The van der Waals surface area contributed by atoms with Crippen LogP contribution in [0.15, 0.2) is 41.0 Å². The summed E-state index contributed by atoms with van der Waals surface area (Å²) in [6.45, 7) is 9.90. The Kier molecular flexibility index (Phi) is 6.01. The van der Waals surface area contributed by atoms with E-state index in [0.717, 1.165) is 23.3 Å². The number of pyridine rings is 1. The minimum Gasteiger partial charge on any atom is -0.384 e. The molecule has 0 saturated carbocycles. The molecule has 0 bridgehead atoms. The van der Waals surface area contributed by atoms with Crippen molar-refractivity contribution >= 4 is 21.6 Å². The molecule has 0 spiro atoms. The van der Waals surface area contributed by atoms with Crippen LogP contribution in [0, 0.1) is 0 Å². The van der Waals surface area contributed by atoms with Crippen molar-refractivity contribution in [3.05, 3.63) is 57.8 Å². The summed E-state index contributed by atoms with van der Waals surface area (Å²) in [5.74, 6) is 1.04. The molecule has 2 nitrogen and oxygen atoms in total. The van der Waals surface area contributed by atoms with Gasteiger partial charge in [-0.15, -0.1) is 0 Å². The van der Waals surface area contributed by atoms with Crippen LogP contribution in [0.3, 0.4) is 0 Å². The summed E-state index contributed by atoms with van der Waals surface area (Å²) >= 11 is 3.43. The first-order chi connectivity index (χ1) is 10.5. The van der Waals surface area contributed by atoms with Gasteiger partial charge < -0.3 is 5.32 Å². The van der Waals surface area contributed by atoms with Gasteiger partial charge in [0.05, 0.1) is 0 Å². The monoisotopic (exact) mass is 360 g/mol. The zero-order valence-electron chi connectivity index (χ0n) is 13.9. The fraction of sp³-hybridized carbons (Fsp3) is 0.421. The van der Waals surface area contributed by atoms with Gasteiger partial charge in [-0.3, -0.25) is 0 Å². The van der Waals surface area contributed by atoms with Crippen LogP contribution in [-0.4, -0.2) is 11.5 Å². The van der Waals surface area contributed by atoms with Crippen molar-refractivity contribution in [3.8, 4) is 0 Å². The van der Waals surface area contributed by atoms with Crippen LogP contribution in [0.5, 0.6) is 0 Å². The molecule has 118 valence electrons. The highest BCUT2D eigenvalue weighted by Crippen LogP contribution is 2.32. The summed E-state index contributed by atoms with van der Waals surface area (Å²) in [4.78, 5) is 4.50. The number of rotatable bonds is 6. The minimum absolute atomic E-state index is 0.519. The summed E-state index contributed by atoms with van der Waals surface area (Å²) in [6, 6.07) is 12.7.